The second-order valence-electron chi connectivity index (χ2n) is 16.9. The number of nitrogen functional groups attached to an aromatic ring is 1. The van der Waals surface area contributed by atoms with Crippen LogP contribution in [0.4, 0.5) is 35.9 Å². The van der Waals surface area contributed by atoms with Crippen LogP contribution in [0.25, 0.3) is 66.6 Å². The molecule has 444 valence electrons. The van der Waals surface area contributed by atoms with Crippen LogP contribution < -0.4 is 162 Å². The Morgan fingerprint density at radius 3 is 1.43 bits per heavy atom. The molecule has 19 nitrogen and oxygen atoms in total. The zero-order valence-corrected chi connectivity index (χ0v) is 62.6. The van der Waals surface area contributed by atoms with Gasteiger partial charge in [0.05, 0.1) is 41.5 Å². The van der Waals surface area contributed by atoms with E-state index >= 15 is 0 Å². The summed E-state index contributed by atoms with van der Waals surface area (Å²) in [6.07, 6.45) is 5.20. The van der Waals surface area contributed by atoms with Crippen molar-refractivity contribution in [3.8, 4) is 62.0 Å². The van der Waals surface area contributed by atoms with Gasteiger partial charge in [0.25, 0.3) is 6.47 Å². The number of carbonyl (C=O) groups excluding carboxylic acids is 1. The van der Waals surface area contributed by atoms with E-state index < -0.39 is 65.5 Å². The van der Waals surface area contributed by atoms with Gasteiger partial charge in [-0.05, 0) is 108 Å². The molecule has 11 aromatic rings. The molecule has 0 aliphatic rings. The van der Waals surface area contributed by atoms with Gasteiger partial charge in [0.15, 0.2) is 15.0 Å². The molecule has 4 aromatic heterocycles. The minimum Gasteiger partial charge on any atom is -1.00 e. The standard InChI is InChI=1S/C27H13ClF6N2O4S.C24H16ClFN4O3S2.C2H3N3S.CH2O3.2Cs.H/c1-39-20-10-16(12-3-2-4-13(29)7-12)18(28)9-17(20)26-15-6-5-14(8-19(15)35-11-36-26)41(37,38)40-27-24(33)22(31)21(30)23(32)25(27)34;1-33-22-10-18(14-3-2-4-15(26)7-14)20(25)9-19(22)24-17-6-5-16(8-21(17)27-12-29-24)35(31,32)11-23-28-13-30-34-23;3-2-4-1-5-6-2;2-1-4-3;;;/h2-11H,1H3;2-10,12-13H,11H2,1H3;1H,(H2,3,4,5);1,3H;;;/q;;;;2*+1;-1/p-1. The van der Waals surface area contributed by atoms with Crippen LogP contribution in [0.2, 0.25) is 10.0 Å². The number of hydrogen-bond acceptors (Lipinski definition) is 21. The predicted molar refractivity (Wildman–Crippen MR) is 301 cm³/mol. The van der Waals surface area contributed by atoms with Gasteiger partial charge in [-0.2, -0.15) is 25.9 Å². The van der Waals surface area contributed by atoms with Crippen molar-refractivity contribution in [2.24, 2.45) is 0 Å². The van der Waals surface area contributed by atoms with E-state index in [9.17, 15) is 47.6 Å². The van der Waals surface area contributed by atoms with Gasteiger partial charge in [-0.3, -0.25) is 4.79 Å². The number of carbonyl (C=O) groups is 1. The van der Waals surface area contributed by atoms with Gasteiger partial charge < -0.3 is 31.0 Å². The molecule has 0 unspecified atom stereocenters. The molecular weight excluding hydrogens is 1530 g/mol. The summed E-state index contributed by atoms with van der Waals surface area (Å²) in [5.41, 5.74) is 9.44. The van der Waals surface area contributed by atoms with Crippen molar-refractivity contribution >= 4 is 99.6 Å². The van der Waals surface area contributed by atoms with Crippen LogP contribution in [0.5, 0.6) is 17.2 Å². The molecule has 0 aliphatic carbocycles. The third-order valence-electron chi connectivity index (χ3n) is 11.7. The number of rotatable bonds is 13. The first-order chi connectivity index (χ1) is 41.1. The molecule has 0 atom stereocenters. The van der Waals surface area contributed by atoms with Crippen LogP contribution in [0.1, 0.15) is 6.43 Å². The van der Waals surface area contributed by atoms with Gasteiger partial charge in [0, 0.05) is 54.6 Å². The minimum atomic E-state index is -5.11. The zero-order chi connectivity index (χ0) is 62.0. The van der Waals surface area contributed by atoms with E-state index in [0.717, 1.165) is 30.0 Å². The smallest absolute Gasteiger partial charge is 1.00 e. The van der Waals surface area contributed by atoms with Crippen molar-refractivity contribution in [1.82, 2.24) is 38.7 Å². The molecule has 0 fully saturated rings. The summed E-state index contributed by atoms with van der Waals surface area (Å²) in [5, 5.41) is 10.9. The number of nitrogens with zero attached hydrogens (tertiary/aromatic N) is 8. The van der Waals surface area contributed by atoms with Crippen molar-refractivity contribution in [2.45, 2.75) is 15.5 Å². The van der Waals surface area contributed by atoms with Crippen molar-refractivity contribution in [1.29, 1.82) is 0 Å². The molecule has 0 radical (unpaired) electrons. The molecule has 11 rings (SSSR count). The summed E-state index contributed by atoms with van der Waals surface area (Å²) in [6.45, 7) is -0.181. The molecule has 0 spiro atoms. The number of sulfone groups is 1. The van der Waals surface area contributed by atoms with Gasteiger partial charge in [-0.1, -0.05) is 47.5 Å². The summed E-state index contributed by atoms with van der Waals surface area (Å²) in [6, 6.07) is 26.2. The van der Waals surface area contributed by atoms with E-state index in [-0.39, 0.29) is 190 Å². The van der Waals surface area contributed by atoms with E-state index in [1.54, 1.807) is 42.5 Å². The van der Waals surface area contributed by atoms with Crippen LogP contribution in [0.3, 0.4) is 0 Å². The fourth-order valence-corrected chi connectivity index (χ4v) is 11.8. The molecular formula is C54H34Cl2Cs2F7N9O10S4. The number of benzene rings is 7. The normalized spacial score (nSPS) is 10.9. The maximum atomic E-state index is 14.0. The summed E-state index contributed by atoms with van der Waals surface area (Å²) in [5.74, 6) is -14.5. The Morgan fingerprint density at radius 1 is 0.568 bits per heavy atom. The summed E-state index contributed by atoms with van der Waals surface area (Å²) >= 11 is 15.3. The second kappa shape index (κ2) is 32.4. The first kappa shape index (κ1) is 72.1. The fourth-order valence-electron chi connectivity index (χ4n) is 7.92. The predicted octanol–water partition coefficient (Wildman–Crippen LogP) is 5.49. The summed E-state index contributed by atoms with van der Waals surface area (Å²) in [4.78, 5) is 35.2. The third-order valence-corrected chi connectivity index (χ3v) is 16.5. The molecule has 0 aliphatic heterocycles. The fraction of sp³-hybridized carbons (Fsp3) is 0.0556. The van der Waals surface area contributed by atoms with Gasteiger partial charge in [-0.25, -0.2) is 60.3 Å². The van der Waals surface area contributed by atoms with E-state index in [1.807, 2.05) is 0 Å². The van der Waals surface area contributed by atoms with Crippen molar-refractivity contribution < 1.29 is 215 Å². The molecule has 0 amide bonds. The SMILES string of the molecule is COc1cc(-c2cccc(F)c2)c(Cl)cc1-c1ncnc2cc(S(=O)(=O)Cc3ncns3)ccc12.COc1cc(-c2cccc(F)c2)c(Cl)cc1-c1ncnc2cc(S(=O)(=O)Oc3c(F)c(F)c(F)c(F)c3F)ccc12.Nc1ncns1.O=CO[O-].[Cs+].[Cs+].[H-]. The van der Waals surface area contributed by atoms with E-state index in [2.05, 4.69) is 47.7 Å². The van der Waals surface area contributed by atoms with Crippen molar-refractivity contribution in [3.63, 3.8) is 0 Å². The zero-order valence-electron chi connectivity index (χ0n) is 46.3. The summed E-state index contributed by atoms with van der Waals surface area (Å²) in [7, 11) is -5.85. The minimum absolute atomic E-state index is 0. The van der Waals surface area contributed by atoms with Crippen LogP contribution in [0, 0.1) is 40.7 Å². The first-order valence-corrected chi connectivity index (χ1v) is 28.9. The molecule has 34 heteroatoms. The maximum Gasteiger partial charge on any atom is 1.00 e. The van der Waals surface area contributed by atoms with Gasteiger partial charge in [0.2, 0.25) is 34.8 Å². The average molecular weight is 1570 g/mol. The molecule has 0 bridgehead atoms. The van der Waals surface area contributed by atoms with Gasteiger partial charge in [-0.15, -0.1) is 0 Å². The van der Waals surface area contributed by atoms with Crippen LogP contribution >= 0.6 is 46.3 Å². The number of ether oxygens (including phenoxy) is 2. The third kappa shape index (κ3) is 17.2. The van der Waals surface area contributed by atoms with Crippen molar-refractivity contribution in [2.75, 3.05) is 20.0 Å². The Kier molecular flexibility index (Phi) is 26.5. The number of anilines is 1. The monoisotopic (exact) mass is 1560 g/mol. The quantitative estimate of drug-likeness (QED) is 0.0284. The van der Waals surface area contributed by atoms with Crippen LogP contribution in [-0.4, -0.2) is 76.2 Å². The van der Waals surface area contributed by atoms with Gasteiger partial charge in [0.1, 0.15) is 64.1 Å². The number of nitrogens with two attached hydrogens (primary N) is 1. The molecule has 7 aromatic carbocycles. The van der Waals surface area contributed by atoms with Crippen LogP contribution in [-0.2, 0) is 35.4 Å². The number of halogens is 9. The summed E-state index contributed by atoms with van der Waals surface area (Å²) < 4.78 is 170. The topological polar surface area (TPSA) is 274 Å². The van der Waals surface area contributed by atoms with Crippen molar-refractivity contribution in [3.05, 3.63) is 190 Å². The molecule has 0 saturated heterocycles. The molecule has 88 heavy (non-hydrogen) atoms. The Labute approximate surface area is 631 Å². The Hall–Kier alpha value is -4.94. The van der Waals surface area contributed by atoms with E-state index in [1.165, 1.54) is 99.3 Å². The van der Waals surface area contributed by atoms with Gasteiger partial charge >= 0.3 is 148 Å². The Morgan fingerprint density at radius 2 is 1.02 bits per heavy atom. The average Bonchev–Trinajstić information content (AvgIpc) is 0.907. The largest absolute Gasteiger partial charge is 1.00 e. The molecule has 4 heterocycles. The maximum absolute atomic E-state index is 14.0. The Bertz CT molecular complexity index is 4550. The second-order valence-corrected chi connectivity index (χ2v) is 22.9. The first-order valence-electron chi connectivity index (χ1n) is 23.5. The molecule has 2 N–H and O–H groups in total. The molecule has 0 saturated carbocycles. The van der Waals surface area contributed by atoms with E-state index in [0.29, 0.717) is 70.9 Å². The number of hydrogen-bond donors (Lipinski definition) is 1. The number of aromatic nitrogens is 8. The Balaban J connectivity index is 0.000000274. The van der Waals surface area contributed by atoms with E-state index in [4.69, 9.17) is 48.5 Å². The van der Waals surface area contributed by atoms with Crippen LogP contribution in [0.15, 0.2) is 144 Å². The number of fused-ring (bicyclic) bond motifs is 2. The number of methoxy groups -OCH3 is 2.